The number of halogens is 2. The number of carboxylic acids is 1. The van der Waals surface area contributed by atoms with Gasteiger partial charge in [0.2, 0.25) is 0 Å². The van der Waals surface area contributed by atoms with Gasteiger partial charge in [-0.2, -0.15) is 0 Å². The van der Waals surface area contributed by atoms with Crippen molar-refractivity contribution in [3.05, 3.63) is 70.5 Å². The summed E-state index contributed by atoms with van der Waals surface area (Å²) >= 11 is 5.77. The fraction of sp³-hybridized carbons (Fsp3) is 0.133. The number of aliphatic carboxylic acids is 1. The monoisotopic (exact) mass is 293 g/mol. The molecule has 1 atom stereocenters. The van der Waals surface area contributed by atoms with Gasteiger partial charge in [0.05, 0.1) is 0 Å². The zero-order valence-electron chi connectivity index (χ0n) is 10.5. The number of hydrogen-bond acceptors (Lipinski definition) is 2. The normalized spacial score (nSPS) is 12.1. The summed E-state index contributed by atoms with van der Waals surface area (Å²) in [5.74, 6) is -1.39. The number of rotatable bonds is 5. The highest BCUT2D eigenvalue weighted by atomic mass is 35.5. The van der Waals surface area contributed by atoms with E-state index < -0.39 is 12.0 Å². The van der Waals surface area contributed by atoms with E-state index in [-0.39, 0.29) is 12.4 Å². The quantitative estimate of drug-likeness (QED) is 0.888. The number of nitrogens with one attached hydrogen (secondary N) is 1. The SMILES string of the molecule is O=C(O)C(NCc1ccccc1F)c1ccc(Cl)cc1. The Morgan fingerprint density at radius 2 is 1.85 bits per heavy atom. The Balaban J connectivity index is 2.13. The van der Waals surface area contributed by atoms with Crippen LogP contribution in [0.1, 0.15) is 17.2 Å². The van der Waals surface area contributed by atoms with Crippen molar-refractivity contribution in [3.63, 3.8) is 0 Å². The van der Waals surface area contributed by atoms with Crippen molar-refractivity contribution < 1.29 is 14.3 Å². The van der Waals surface area contributed by atoms with Crippen LogP contribution in [0.2, 0.25) is 5.02 Å². The molecule has 0 saturated heterocycles. The lowest BCUT2D eigenvalue weighted by atomic mass is 10.1. The fourth-order valence-electron chi connectivity index (χ4n) is 1.86. The van der Waals surface area contributed by atoms with Gasteiger partial charge in [-0.1, -0.05) is 41.9 Å². The molecule has 0 saturated carbocycles. The standard InChI is InChI=1S/C15H13ClFNO2/c16-12-7-5-10(6-8-12)14(15(19)20)18-9-11-3-1-2-4-13(11)17/h1-8,14,18H,9H2,(H,19,20). The van der Waals surface area contributed by atoms with Gasteiger partial charge >= 0.3 is 5.97 Å². The van der Waals surface area contributed by atoms with E-state index in [4.69, 9.17) is 11.6 Å². The van der Waals surface area contributed by atoms with Crippen molar-refractivity contribution in [2.45, 2.75) is 12.6 Å². The lowest BCUT2D eigenvalue weighted by Crippen LogP contribution is -2.28. The molecule has 1 unspecified atom stereocenters. The van der Waals surface area contributed by atoms with Crippen LogP contribution in [0.15, 0.2) is 48.5 Å². The van der Waals surface area contributed by atoms with Crippen molar-refractivity contribution in [2.24, 2.45) is 0 Å². The molecule has 20 heavy (non-hydrogen) atoms. The summed E-state index contributed by atoms with van der Waals surface area (Å²) in [6.07, 6.45) is 0. The topological polar surface area (TPSA) is 49.3 Å². The summed E-state index contributed by atoms with van der Waals surface area (Å²) in [4.78, 5) is 11.3. The number of benzene rings is 2. The van der Waals surface area contributed by atoms with Crippen LogP contribution in [-0.4, -0.2) is 11.1 Å². The van der Waals surface area contributed by atoms with Gasteiger partial charge in [0, 0.05) is 17.1 Å². The maximum absolute atomic E-state index is 13.5. The Hall–Kier alpha value is -1.91. The molecule has 2 aromatic rings. The molecule has 0 fully saturated rings. The van der Waals surface area contributed by atoms with E-state index in [1.54, 1.807) is 42.5 Å². The number of carboxylic acid groups (broad SMARTS) is 1. The molecule has 104 valence electrons. The molecule has 0 radical (unpaired) electrons. The zero-order chi connectivity index (χ0) is 14.5. The van der Waals surface area contributed by atoms with E-state index >= 15 is 0 Å². The highest BCUT2D eigenvalue weighted by Crippen LogP contribution is 2.18. The molecule has 0 aliphatic heterocycles. The third-order valence-electron chi connectivity index (χ3n) is 2.90. The average Bonchev–Trinajstić information content (AvgIpc) is 2.42. The second-order valence-electron chi connectivity index (χ2n) is 4.30. The van der Waals surface area contributed by atoms with E-state index in [9.17, 15) is 14.3 Å². The molecule has 3 nitrogen and oxygen atoms in total. The van der Waals surface area contributed by atoms with Crippen molar-refractivity contribution in [2.75, 3.05) is 0 Å². The summed E-state index contributed by atoms with van der Waals surface area (Å²) < 4.78 is 13.5. The van der Waals surface area contributed by atoms with Gasteiger partial charge in [0.1, 0.15) is 11.9 Å². The predicted octanol–water partition coefficient (Wildman–Crippen LogP) is 3.39. The summed E-state index contributed by atoms with van der Waals surface area (Å²) in [7, 11) is 0. The molecular formula is C15H13ClFNO2. The average molecular weight is 294 g/mol. The van der Waals surface area contributed by atoms with Crippen LogP contribution in [-0.2, 0) is 11.3 Å². The van der Waals surface area contributed by atoms with Gasteiger partial charge in [-0.05, 0) is 23.8 Å². The third kappa shape index (κ3) is 3.56. The lowest BCUT2D eigenvalue weighted by Gasteiger charge is -2.15. The highest BCUT2D eigenvalue weighted by Gasteiger charge is 2.19. The first-order valence-electron chi connectivity index (χ1n) is 6.03. The molecule has 0 spiro atoms. The molecule has 0 aliphatic carbocycles. The van der Waals surface area contributed by atoms with Gasteiger partial charge < -0.3 is 5.11 Å². The van der Waals surface area contributed by atoms with E-state index in [0.717, 1.165) is 0 Å². The lowest BCUT2D eigenvalue weighted by molar-refractivity contribution is -0.139. The molecule has 2 rings (SSSR count). The Bertz CT molecular complexity index is 601. The molecular weight excluding hydrogens is 281 g/mol. The highest BCUT2D eigenvalue weighted by molar-refractivity contribution is 6.30. The molecule has 0 heterocycles. The molecule has 5 heteroatoms. The van der Waals surface area contributed by atoms with Gasteiger partial charge in [-0.15, -0.1) is 0 Å². The maximum Gasteiger partial charge on any atom is 0.325 e. The molecule has 2 N–H and O–H groups in total. The summed E-state index contributed by atoms with van der Waals surface area (Å²) in [5.41, 5.74) is 0.992. The number of carbonyl (C=O) groups is 1. The van der Waals surface area contributed by atoms with Crippen LogP contribution in [0.4, 0.5) is 4.39 Å². The first-order valence-corrected chi connectivity index (χ1v) is 6.41. The molecule has 0 amide bonds. The smallest absolute Gasteiger partial charge is 0.325 e. The number of hydrogen-bond donors (Lipinski definition) is 2. The summed E-state index contributed by atoms with van der Waals surface area (Å²) in [6.45, 7) is 0.131. The largest absolute Gasteiger partial charge is 0.480 e. The molecule has 0 aromatic heterocycles. The van der Waals surface area contributed by atoms with Crippen molar-refractivity contribution in [1.82, 2.24) is 5.32 Å². The molecule has 2 aromatic carbocycles. The molecule has 0 bridgehead atoms. The van der Waals surface area contributed by atoms with Crippen molar-refractivity contribution in [1.29, 1.82) is 0 Å². The minimum absolute atomic E-state index is 0.131. The van der Waals surface area contributed by atoms with Gasteiger partial charge in [-0.25, -0.2) is 4.39 Å². The van der Waals surface area contributed by atoms with E-state index in [1.807, 2.05) is 0 Å². The van der Waals surface area contributed by atoms with Crippen LogP contribution in [0.5, 0.6) is 0 Å². The maximum atomic E-state index is 13.5. The predicted molar refractivity (Wildman–Crippen MR) is 75.1 cm³/mol. The van der Waals surface area contributed by atoms with Crippen molar-refractivity contribution in [3.8, 4) is 0 Å². The van der Waals surface area contributed by atoms with Gasteiger partial charge in [0.15, 0.2) is 0 Å². The summed E-state index contributed by atoms with van der Waals surface area (Å²) in [5, 5.41) is 12.6. The van der Waals surface area contributed by atoms with Crippen LogP contribution >= 0.6 is 11.6 Å². The van der Waals surface area contributed by atoms with E-state index in [2.05, 4.69) is 5.32 Å². The van der Waals surface area contributed by atoms with Gasteiger partial charge in [-0.3, -0.25) is 10.1 Å². The minimum atomic E-state index is -1.02. The van der Waals surface area contributed by atoms with Crippen LogP contribution in [0, 0.1) is 5.82 Å². The Kier molecular flexibility index (Phi) is 4.71. The Morgan fingerprint density at radius 3 is 2.45 bits per heavy atom. The van der Waals surface area contributed by atoms with E-state index in [1.165, 1.54) is 6.07 Å². The first kappa shape index (κ1) is 14.5. The Labute approximate surface area is 121 Å². The van der Waals surface area contributed by atoms with E-state index in [0.29, 0.717) is 16.1 Å². The van der Waals surface area contributed by atoms with Crippen LogP contribution < -0.4 is 5.32 Å². The van der Waals surface area contributed by atoms with Gasteiger partial charge in [0.25, 0.3) is 0 Å². The third-order valence-corrected chi connectivity index (χ3v) is 3.16. The Morgan fingerprint density at radius 1 is 1.20 bits per heavy atom. The van der Waals surface area contributed by atoms with Crippen molar-refractivity contribution >= 4 is 17.6 Å². The van der Waals surface area contributed by atoms with Crippen LogP contribution in [0.3, 0.4) is 0 Å². The molecule has 0 aliphatic rings. The second kappa shape index (κ2) is 6.50. The minimum Gasteiger partial charge on any atom is -0.480 e. The van der Waals surface area contributed by atoms with Crippen LogP contribution in [0.25, 0.3) is 0 Å². The second-order valence-corrected chi connectivity index (χ2v) is 4.73. The fourth-order valence-corrected chi connectivity index (χ4v) is 1.98. The summed E-state index contributed by atoms with van der Waals surface area (Å²) in [6, 6.07) is 11.9. The zero-order valence-corrected chi connectivity index (χ0v) is 11.3. The first-order chi connectivity index (χ1) is 9.58.